The number of benzene rings is 2. The third-order valence-corrected chi connectivity index (χ3v) is 7.20. The molecule has 0 saturated carbocycles. The first kappa shape index (κ1) is 27.3. The highest BCUT2D eigenvalue weighted by atomic mass is 32.2. The van der Waals surface area contributed by atoms with Crippen LogP contribution in [0.1, 0.15) is 57.3 Å². The molecule has 0 unspecified atom stereocenters. The van der Waals surface area contributed by atoms with Crippen LogP contribution in [0.4, 0.5) is 0 Å². The lowest BCUT2D eigenvalue weighted by atomic mass is 9.92. The summed E-state index contributed by atoms with van der Waals surface area (Å²) < 4.78 is 17.0. The lowest BCUT2D eigenvalue weighted by Crippen LogP contribution is -2.38. The van der Waals surface area contributed by atoms with Crippen LogP contribution >= 0.6 is 11.8 Å². The Hall–Kier alpha value is -3.72. The van der Waals surface area contributed by atoms with E-state index < -0.39 is 12.0 Å². The van der Waals surface area contributed by atoms with Crippen molar-refractivity contribution < 1.29 is 23.8 Å². The summed E-state index contributed by atoms with van der Waals surface area (Å²) in [6.45, 7) is 7.37. The molecule has 0 radical (unpaired) electrons. The summed E-state index contributed by atoms with van der Waals surface area (Å²) in [7, 11) is 3.13. The van der Waals surface area contributed by atoms with Crippen molar-refractivity contribution in [1.29, 1.82) is 0 Å². The number of thioether (sulfide) groups is 1. The number of rotatable bonds is 9. The van der Waals surface area contributed by atoms with Gasteiger partial charge in [-0.15, -0.1) is 0 Å². The average Bonchev–Trinajstić information content (AvgIpc) is 3.28. The molecule has 2 aliphatic rings. The van der Waals surface area contributed by atoms with E-state index in [4.69, 9.17) is 19.2 Å². The number of allylic oxidation sites excluding steroid dienone is 1. The van der Waals surface area contributed by atoms with E-state index >= 15 is 0 Å². The van der Waals surface area contributed by atoms with Gasteiger partial charge in [0.25, 0.3) is 0 Å². The van der Waals surface area contributed by atoms with Gasteiger partial charge in [-0.05, 0) is 44.7 Å². The number of hydrogen-bond acceptors (Lipinski definition) is 8. The van der Waals surface area contributed by atoms with Gasteiger partial charge in [-0.1, -0.05) is 54.2 Å². The molecule has 0 bridgehead atoms. The summed E-state index contributed by atoms with van der Waals surface area (Å²) in [4.78, 5) is 33.2. The molecular formula is C29H33N3O5S. The molecule has 4 rings (SSSR count). The number of amides is 1. The molecule has 2 aromatic rings. The molecule has 0 aromatic heterocycles. The van der Waals surface area contributed by atoms with Gasteiger partial charge in [0.1, 0.15) is 0 Å². The van der Waals surface area contributed by atoms with Crippen LogP contribution in [0.2, 0.25) is 0 Å². The van der Waals surface area contributed by atoms with Crippen LogP contribution in [0.3, 0.4) is 0 Å². The van der Waals surface area contributed by atoms with Crippen molar-refractivity contribution in [3.05, 3.63) is 82.0 Å². The van der Waals surface area contributed by atoms with Gasteiger partial charge < -0.3 is 24.4 Å². The van der Waals surface area contributed by atoms with Gasteiger partial charge in [0, 0.05) is 11.3 Å². The number of fused-ring (bicyclic) bond motifs is 1. The predicted molar refractivity (Wildman–Crippen MR) is 149 cm³/mol. The molecule has 2 atom stereocenters. The molecular weight excluding hydrogens is 502 g/mol. The Labute approximate surface area is 227 Å². The number of nitrogens with one attached hydrogen (secondary N) is 1. The highest BCUT2D eigenvalue weighted by Crippen LogP contribution is 2.48. The zero-order valence-corrected chi connectivity index (χ0v) is 23.3. The quantitative estimate of drug-likeness (QED) is 0.424. The second-order valence-electron chi connectivity index (χ2n) is 9.31. The molecule has 1 amide bonds. The molecule has 9 heteroatoms. The van der Waals surface area contributed by atoms with E-state index in [2.05, 4.69) is 5.32 Å². The molecule has 0 saturated heterocycles. The van der Waals surface area contributed by atoms with E-state index in [0.29, 0.717) is 33.5 Å². The largest absolute Gasteiger partial charge is 0.493 e. The molecule has 2 aliphatic heterocycles. The van der Waals surface area contributed by atoms with Crippen LogP contribution in [-0.2, 0) is 14.3 Å². The SMILES string of the molecule is COc1cccc([C@H]2C(C(=O)OC(C)C)=C(C)N=C3SC=C(CC(=O)N[C@@H](C)c4ccccc4)N32)c1OC. The standard InChI is InChI=1S/C29H33N3O5S/c1-17(2)37-28(34)25-19(4)31-29-32(26(25)22-13-10-14-23(35-5)27(22)36-6)21(16-38-29)15-24(33)30-18(3)20-11-8-7-9-12-20/h7-14,16-18,26H,15H2,1-6H3,(H,30,33)/t18-,26-/m0/s1. The molecule has 2 aromatic carbocycles. The molecule has 200 valence electrons. The van der Waals surface area contributed by atoms with Gasteiger partial charge in [0.2, 0.25) is 5.91 Å². The summed E-state index contributed by atoms with van der Waals surface area (Å²) in [6.07, 6.45) is -0.202. The summed E-state index contributed by atoms with van der Waals surface area (Å²) in [5.74, 6) is 0.439. The van der Waals surface area contributed by atoms with Crippen LogP contribution in [0.25, 0.3) is 0 Å². The maximum absolute atomic E-state index is 13.4. The highest BCUT2D eigenvalue weighted by molar-refractivity contribution is 8.16. The fourth-order valence-corrected chi connectivity index (χ4v) is 5.58. The van der Waals surface area contributed by atoms with Gasteiger partial charge >= 0.3 is 5.97 Å². The van der Waals surface area contributed by atoms with Crippen molar-refractivity contribution >= 4 is 28.8 Å². The van der Waals surface area contributed by atoms with E-state index in [9.17, 15) is 9.59 Å². The molecule has 2 heterocycles. The first-order valence-electron chi connectivity index (χ1n) is 12.5. The Bertz CT molecular complexity index is 1300. The van der Waals surface area contributed by atoms with Crippen LogP contribution < -0.4 is 14.8 Å². The van der Waals surface area contributed by atoms with E-state index in [0.717, 1.165) is 11.3 Å². The Balaban J connectivity index is 1.71. The van der Waals surface area contributed by atoms with Crippen molar-refractivity contribution in [2.24, 2.45) is 4.99 Å². The van der Waals surface area contributed by atoms with Crippen molar-refractivity contribution in [2.75, 3.05) is 14.2 Å². The number of esters is 1. The first-order chi connectivity index (χ1) is 18.2. The Morgan fingerprint density at radius 3 is 2.45 bits per heavy atom. The summed E-state index contributed by atoms with van der Waals surface area (Å²) in [5.41, 5.74) is 3.40. The number of ether oxygens (including phenoxy) is 3. The van der Waals surface area contributed by atoms with E-state index in [1.54, 1.807) is 27.2 Å². The number of hydrogen-bond donors (Lipinski definition) is 1. The van der Waals surface area contributed by atoms with Gasteiger partial charge in [0.05, 0.1) is 50.1 Å². The van der Waals surface area contributed by atoms with Crippen molar-refractivity contribution in [3.63, 3.8) is 0 Å². The molecule has 8 nitrogen and oxygen atoms in total. The summed E-state index contributed by atoms with van der Waals surface area (Å²) in [5, 5.41) is 5.67. The molecule has 1 N–H and O–H groups in total. The number of carbonyl (C=O) groups is 2. The topological polar surface area (TPSA) is 89.5 Å². The smallest absolute Gasteiger partial charge is 0.338 e. The minimum Gasteiger partial charge on any atom is -0.493 e. The van der Waals surface area contributed by atoms with Gasteiger partial charge in [-0.2, -0.15) is 0 Å². The number of aliphatic imine (C=N–C) groups is 1. The normalized spacial score (nSPS) is 17.4. The monoisotopic (exact) mass is 535 g/mol. The molecule has 0 fully saturated rings. The third kappa shape index (κ3) is 5.57. The predicted octanol–water partition coefficient (Wildman–Crippen LogP) is 5.50. The fourth-order valence-electron chi connectivity index (χ4n) is 4.61. The average molecular weight is 536 g/mol. The van der Waals surface area contributed by atoms with E-state index in [1.807, 2.05) is 73.5 Å². The summed E-state index contributed by atoms with van der Waals surface area (Å²) in [6, 6.07) is 14.6. The molecule has 0 spiro atoms. The van der Waals surface area contributed by atoms with E-state index in [-0.39, 0.29) is 24.5 Å². The fraction of sp³-hybridized carbons (Fsp3) is 0.345. The summed E-state index contributed by atoms with van der Waals surface area (Å²) >= 11 is 1.42. The van der Waals surface area contributed by atoms with Crippen molar-refractivity contribution in [2.45, 2.75) is 52.3 Å². The van der Waals surface area contributed by atoms with Crippen molar-refractivity contribution in [1.82, 2.24) is 10.2 Å². The van der Waals surface area contributed by atoms with Gasteiger partial charge in [-0.3, -0.25) is 4.79 Å². The van der Waals surface area contributed by atoms with Crippen LogP contribution in [0, 0.1) is 0 Å². The Kier molecular flexibility index (Phi) is 8.46. The minimum absolute atomic E-state index is 0.109. The second kappa shape index (κ2) is 11.8. The number of carbonyl (C=O) groups excluding carboxylic acids is 2. The number of amidine groups is 1. The maximum Gasteiger partial charge on any atom is 0.338 e. The second-order valence-corrected chi connectivity index (χ2v) is 10.1. The van der Waals surface area contributed by atoms with Gasteiger partial charge in [-0.25, -0.2) is 9.79 Å². The maximum atomic E-state index is 13.4. The van der Waals surface area contributed by atoms with Gasteiger partial charge in [0.15, 0.2) is 16.7 Å². The highest BCUT2D eigenvalue weighted by Gasteiger charge is 2.43. The Morgan fingerprint density at radius 1 is 1.05 bits per heavy atom. The molecule has 38 heavy (non-hydrogen) atoms. The van der Waals surface area contributed by atoms with E-state index in [1.165, 1.54) is 11.8 Å². The zero-order valence-electron chi connectivity index (χ0n) is 22.5. The van der Waals surface area contributed by atoms with Crippen LogP contribution in [0.5, 0.6) is 11.5 Å². The number of methoxy groups -OCH3 is 2. The first-order valence-corrected chi connectivity index (χ1v) is 13.3. The lowest BCUT2D eigenvalue weighted by molar-refractivity contribution is -0.143. The van der Waals surface area contributed by atoms with Crippen molar-refractivity contribution in [3.8, 4) is 11.5 Å². The third-order valence-electron chi connectivity index (χ3n) is 6.31. The number of para-hydroxylation sites is 1. The Morgan fingerprint density at radius 2 is 1.79 bits per heavy atom. The molecule has 0 aliphatic carbocycles. The number of nitrogens with zero attached hydrogens (tertiary/aromatic N) is 2. The lowest BCUT2D eigenvalue weighted by Gasteiger charge is -2.37. The van der Waals surface area contributed by atoms with Crippen LogP contribution in [-0.4, -0.2) is 42.3 Å². The minimum atomic E-state index is -0.626. The zero-order chi connectivity index (χ0) is 27.4. The van der Waals surface area contributed by atoms with Crippen LogP contribution in [0.15, 0.2) is 75.9 Å².